The number of hydrogen-bond acceptors (Lipinski definition) is 4. The SMILES string of the molecule is CCCc1ccnc(N2CCC3(CC2)OCCO3)c1. The zero-order valence-electron chi connectivity index (χ0n) is 11.6. The maximum absolute atomic E-state index is 5.76. The van der Waals surface area contributed by atoms with Gasteiger partial charge in [-0.15, -0.1) is 0 Å². The lowest BCUT2D eigenvalue weighted by molar-refractivity contribution is -0.169. The molecular formula is C15H22N2O2. The molecule has 0 saturated carbocycles. The van der Waals surface area contributed by atoms with Crippen LogP contribution in [0.3, 0.4) is 0 Å². The van der Waals surface area contributed by atoms with Crippen LogP contribution in [0.2, 0.25) is 0 Å². The lowest BCUT2D eigenvalue weighted by Crippen LogP contribution is -2.45. The van der Waals surface area contributed by atoms with Gasteiger partial charge in [0, 0.05) is 32.1 Å². The smallest absolute Gasteiger partial charge is 0.171 e. The first kappa shape index (κ1) is 12.9. The van der Waals surface area contributed by atoms with Crippen LogP contribution in [0, 0.1) is 0 Å². The summed E-state index contributed by atoms with van der Waals surface area (Å²) in [6, 6.07) is 4.33. The summed E-state index contributed by atoms with van der Waals surface area (Å²) in [5.41, 5.74) is 1.38. The number of ether oxygens (including phenoxy) is 2. The van der Waals surface area contributed by atoms with Crippen molar-refractivity contribution in [2.45, 2.75) is 38.4 Å². The zero-order chi connectivity index (χ0) is 13.1. The molecule has 0 bridgehead atoms. The summed E-state index contributed by atoms with van der Waals surface area (Å²) < 4.78 is 11.5. The van der Waals surface area contributed by atoms with Crippen LogP contribution in [0.15, 0.2) is 18.3 Å². The predicted molar refractivity (Wildman–Crippen MR) is 74.3 cm³/mol. The van der Waals surface area contributed by atoms with Crippen molar-refractivity contribution < 1.29 is 9.47 Å². The van der Waals surface area contributed by atoms with Crippen molar-refractivity contribution in [2.24, 2.45) is 0 Å². The Bertz CT molecular complexity index is 420. The second-order valence-corrected chi connectivity index (χ2v) is 5.37. The van der Waals surface area contributed by atoms with Gasteiger partial charge in [-0.05, 0) is 24.1 Å². The highest BCUT2D eigenvalue weighted by atomic mass is 16.7. The molecule has 4 nitrogen and oxygen atoms in total. The van der Waals surface area contributed by atoms with E-state index in [0.717, 1.165) is 51.4 Å². The lowest BCUT2D eigenvalue weighted by Gasteiger charge is -2.38. The quantitative estimate of drug-likeness (QED) is 0.837. The molecule has 3 heterocycles. The lowest BCUT2D eigenvalue weighted by atomic mass is 10.0. The summed E-state index contributed by atoms with van der Waals surface area (Å²) in [5.74, 6) is 0.802. The molecule has 0 N–H and O–H groups in total. The average Bonchev–Trinajstić information content (AvgIpc) is 2.89. The van der Waals surface area contributed by atoms with Gasteiger partial charge >= 0.3 is 0 Å². The highest BCUT2D eigenvalue weighted by molar-refractivity contribution is 5.41. The molecule has 4 heteroatoms. The Morgan fingerprint density at radius 3 is 2.68 bits per heavy atom. The number of rotatable bonds is 3. The van der Waals surface area contributed by atoms with Crippen molar-refractivity contribution in [3.63, 3.8) is 0 Å². The number of pyridine rings is 1. The fourth-order valence-corrected chi connectivity index (χ4v) is 2.94. The van der Waals surface area contributed by atoms with Crippen molar-refractivity contribution >= 4 is 5.82 Å². The van der Waals surface area contributed by atoms with Crippen molar-refractivity contribution in [3.8, 4) is 0 Å². The summed E-state index contributed by atoms with van der Waals surface area (Å²) in [6.45, 7) is 5.61. The molecule has 0 unspecified atom stereocenters. The van der Waals surface area contributed by atoms with E-state index in [1.54, 1.807) is 0 Å². The third-order valence-electron chi connectivity index (χ3n) is 4.01. The highest BCUT2D eigenvalue weighted by Crippen LogP contribution is 2.32. The van der Waals surface area contributed by atoms with E-state index in [9.17, 15) is 0 Å². The van der Waals surface area contributed by atoms with Gasteiger partial charge in [0.05, 0.1) is 13.2 Å². The predicted octanol–water partition coefficient (Wildman–Crippen LogP) is 2.38. The Balaban J connectivity index is 1.66. The van der Waals surface area contributed by atoms with Crippen LogP contribution >= 0.6 is 0 Å². The molecule has 1 aromatic rings. The van der Waals surface area contributed by atoms with E-state index < -0.39 is 0 Å². The minimum Gasteiger partial charge on any atom is -0.356 e. The van der Waals surface area contributed by atoms with Crippen LogP contribution in [0.25, 0.3) is 0 Å². The number of nitrogens with zero attached hydrogens (tertiary/aromatic N) is 2. The Morgan fingerprint density at radius 2 is 2.00 bits per heavy atom. The van der Waals surface area contributed by atoms with Gasteiger partial charge < -0.3 is 14.4 Å². The van der Waals surface area contributed by atoms with Crippen molar-refractivity contribution in [1.29, 1.82) is 0 Å². The molecule has 2 aliphatic rings. The van der Waals surface area contributed by atoms with E-state index in [1.807, 2.05) is 6.20 Å². The molecule has 2 fully saturated rings. The van der Waals surface area contributed by atoms with E-state index in [4.69, 9.17) is 9.47 Å². The van der Waals surface area contributed by atoms with Gasteiger partial charge in [0.1, 0.15) is 5.82 Å². The van der Waals surface area contributed by atoms with Gasteiger partial charge in [0.25, 0.3) is 0 Å². The van der Waals surface area contributed by atoms with Crippen LogP contribution in [-0.4, -0.2) is 37.1 Å². The van der Waals surface area contributed by atoms with E-state index in [2.05, 4.69) is 28.9 Å². The third-order valence-corrected chi connectivity index (χ3v) is 4.01. The molecular weight excluding hydrogens is 240 g/mol. The van der Waals surface area contributed by atoms with Crippen LogP contribution in [0.1, 0.15) is 31.7 Å². The molecule has 1 aromatic heterocycles. The maximum Gasteiger partial charge on any atom is 0.171 e. The first-order valence-electron chi connectivity index (χ1n) is 7.29. The standard InChI is InChI=1S/C15H22N2O2/c1-2-3-13-4-7-16-14(12-13)17-8-5-15(6-9-17)18-10-11-19-15/h4,7,12H,2-3,5-6,8-11H2,1H3. The number of aromatic nitrogens is 1. The molecule has 0 atom stereocenters. The fourth-order valence-electron chi connectivity index (χ4n) is 2.94. The molecule has 0 amide bonds. The number of aryl methyl sites for hydroxylation is 1. The summed E-state index contributed by atoms with van der Waals surface area (Å²) in [5, 5.41) is 0. The number of hydrogen-bond donors (Lipinski definition) is 0. The van der Waals surface area contributed by atoms with Crippen LogP contribution in [0.4, 0.5) is 5.82 Å². The van der Waals surface area contributed by atoms with Gasteiger partial charge in [-0.3, -0.25) is 0 Å². The molecule has 0 aromatic carbocycles. The minimum atomic E-state index is -0.294. The summed E-state index contributed by atoms with van der Waals surface area (Å²) in [6.07, 6.45) is 6.10. The van der Waals surface area contributed by atoms with Crippen molar-refractivity contribution in [2.75, 3.05) is 31.2 Å². The zero-order valence-corrected chi connectivity index (χ0v) is 11.6. The summed E-state index contributed by atoms with van der Waals surface area (Å²) >= 11 is 0. The molecule has 2 saturated heterocycles. The van der Waals surface area contributed by atoms with Gasteiger partial charge in [-0.1, -0.05) is 13.3 Å². The molecule has 0 aliphatic carbocycles. The average molecular weight is 262 g/mol. The van der Waals surface area contributed by atoms with E-state index in [1.165, 1.54) is 12.0 Å². The molecule has 0 radical (unpaired) electrons. The first-order valence-corrected chi connectivity index (χ1v) is 7.29. The summed E-state index contributed by atoms with van der Waals surface area (Å²) in [4.78, 5) is 6.85. The number of anilines is 1. The second kappa shape index (κ2) is 5.47. The van der Waals surface area contributed by atoms with E-state index >= 15 is 0 Å². The minimum absolute atomic E-state index is 0.294. The Hall–Kier alpha value is -1.13. The van der Waals surface area contributed by atoms with Gasteiger partial charge in [-0.2, -0.15) is 0 Å². The van der Waals surface area contributed by atoms with Crippen LogP contribution < -0.4 is 4.90 Å². The Kier molecular flexibility index (Phi) is 3.71. The molecule has 104 valence electrons. The molecule has 19 heavy (non-hydrogen) atoms. The van der Waals surface area contributed by atoms with Gasteiger partial charge in [0.2, 0.25) is 0 Å². The van der Waals surface area contributed by atoms with Crippen LogP contribution in [0.5, 0.6) is 0 Å². The highest BCUT2D eigenvalue weighted by Gasteiger charge is 2.39. The van der Waals surface area contributed by atoms with Crippen LogP contribution in [-0.2, 0) is 15.9 Å². The fraction of sp³-hybridized carbons (Fsp3) is 0.667. The number of piperidine rings is 1. The maximum atomic E-state index is 5.76. The van der Waals surface area contributed by atoms with Gasteiger partial charge in [-0.25, -0.2) is 4.98 Å². The van der Waals surface area contributed by atoms with Crippen molar-refractivity contribution in [1.82, 2.24) is 4.98 Å². The molecule has 3 rings (SSSR count). The topological polar surface area (TPSA) is 34.6 Å². The van der Waals surface area contributed by atoms with Gasteiger partial charge in [0.15, 0.2) is 5.79 Å². The Morgan fingerprint density at radius 1 is 1.26 bits per heavy atom. The molecule has 2 aliphatic heterocycles. The monoisotopic (exact) mass is 262 g/mol. The normalized spacial score (nSPS) is 22.1. The Labute approximate surface area is 114 Å². The second-order valence-electron chi connectivity index (χ2n) is 5.37. The first-order chi connectivity index (χ1) is 9.31. The molecule has 1 spiro atoms. The summed E-state index contributed by atoms with van der Waals surface area (Å²) in [7, 11) is 0. The van der Waals surface area contributed by atoms with E-state index in [0.29, 0.717) is 0 Å². The largest absolute Gasteiger partial charge is 0.356 e. The third kappa shape index (κ3) is 2.74. The van der Waals surface area contributed by atoms with E-state index in [-0.39, 0.29) is 5.79 Å². The van der Waals surface area contributed by atoms with Crippen molar-refractivity contribution in [3.05, 3.63) is 23.9 Å².